The molecule has 0 unspecified atom stereocenters. The fourth-order valence-electron chi connectivity index (χ4n) is 6.09. The number of carbonyl (C=O) groups is 1. The van der Waals surface area contributed by atoms with Gasteiger partial charge >= 0.3 is 5.97 Å². The van der Waals surface area contributed by atoms with Crippen LogP contribution in [0.15, 0.2) is 30.5 Å². The SMILES string of the molecule is Cc1cc(-n2c(C3CCOCC3)c(C3CC(C)(C(=O)O)C3)c3c(F)c4[nH]ncc4cc32)ccc1F. The Morgan fingerprint density at radius 3 is 2.63 bits per heavy atom. The van der Waals surface area contributed by atoms with Gasteiger partial charge in [0, 0.05) is 41.3 Å². The Balaban J connectivity index is 1.69. The maximum absolute atomic E-state index is 16.2. The zero-order valence-corrected chi connectivity index (χ0v) is 19.7. The van der Waals surface area contributed by atoms with Crippen LogP contribution in [0.3, 0.4) is 0 Å². The van der Waals surface area contributed by atoms with E-state index in [0.29, 0.717) is 53.4 Å². The van der Waals surface area contributed by atoms with Crippen molar-refractivity contribution in [2.75, 3.05) is 13.2 Å². The van der Waals surface area contributed by atoms with Crippen molar-refractivity contribution in [3.63, 3.8) is 0 Å². The topological polar surface area (TPSA) is 80.1 Å². The fourth-order valence-corrected chi connectivity index (χ4v) is 6.09. The maximum atomic E-state index is 16.2. The van der Waals surface area contributed by atoms with Crippen LogP contribution in [0.5, 0.6) is 0 Å². The van der Waals surface area contributed by atoms with E-state index in [9.17, 15) is 14.3 Å². The summed E-state index contributed by atoms with van der Waals surface area (Å²) in [6, 6.07) is 6.90. The summed E-state index contributed by atoms with van der Waals surface area (Å²) in [6.07, 6.45) is 4.06. The zero-order valence-electron chi connectivity index (χ0n) is 19.7. The Labute approximate surface area is 200 Å². The molecule has 2 aromatic carbocycles. The van der Waals surface area contributed by atoms with E-state index in [4.69, 9.17) is 4.74 Å². The van der Waals surface area contributed by atoms with E-state index in [2.05, 4.69) is 14.8 Å². The average Bonchev–Trinajstić information content (AvgIpc) is 3.42. The molecule has 1 aliphatic heterocycles. The average molecular weight is 480 g/mol. The molecule has 6 nitrogen and oxygen atoms in total. The first kappa shape index (κ1) is 22.2. The molecular weight excluding hydrogens is 452 g/mol. The van der Waals surface area contributed by atoms with Crippen molar-refractivity contribution in [2.24, 2.45) is 5.41 Å². The predicted octanol–water partition coefficient (Wildman–Crippen LogP) is 5.96. The van der Waals surface area contributed by atoms with E-state index in [1.807, 2.05) is 6.07 Å². The van der Waals surface area contributed by atoms with Crippen molar-refractivity contribution in [1.82, 2.24) is 14.8 Å². The van der Waals surface area contributed by atoms with E-state index < -0.39 is 11.4 Å². The molecule has 0 amide bonds. The molecule has 6 rings (SSSR count). The van der Waals surface area contributed by atoms with Crippen LogP contribution in [0.1, 0.15) is 61.3 Å². The lowest BCUT2D eigenvalue weighted by Crippen LogP contribution is -2.40. The number of rotatable bonds is 4. The highest BCUT2D eigenvalue weighted by molar-refractivity contribution is 6.00. The van der Waals surface area contributed by atoms with Gasteiger partial charge in [-0.1, -0.05) is 0 Å². The van der Waals surface area contributed by atoms with Crippen molar-refractivity contribution in [2.45, 2.75) is 51.4 Å². The number of carboxylic acids is 1. The summed E-state index contributed by atoms with van der Waals surface area (Å²) in [5.74, 6) is -1.47. The zero-order chi connectivity index (χ0) is 24.5. The van der Waals surface area contributed by atoms with Crippen LogP contribution in [0.4, 0.5) is 8.78 Å². The monoisotopic (exact) mass is 479 g/mol. The first-order valence-electron chi connectivity index (χ1n) is 12.1. The van der Waals surface area contributed by atoms with E-state index in [1.54, 1.807) is 32.2 Å². The standard InChI is InChI=1S/C27H27F2N3O3/c1-14-9-18(3-4-19(14)28)32-20-10-16-13-30-31-24(16)23(29)22(20)21(17-11-27(2,12-17)26(33)34)25(32)15-5-7-35-8-6-15/h3-4,9-10,13,15,17H,5-8,11-12H2,1-2H3,(H,30,31)(H,33,34). The van der Waals surface area contributed by atoms with Crippen molar-refractivity contribution < 1.29 is 23.4 Å². The largest absolute Gasteiger partial charge is 0.481 e. The Bertz CT molecular complexity index is 1480. The Morgan fingerprint density at radius 2 is 1.94 bits per heavy atom. The second-order valence-corrected chi connectivity index (χ2v) is 10.3. The predicted molar refractivity (Wildman–Crippen MR) is 128 cm³/mol. The molecule has 4 aromatic rings. The van der Waals surface area contributed by atoms with Gasteiger partial charge in [0.2, 0.25) is 0 Å². The molecular formula is C27H27F2N3O3. The first-order chi connectivity index (χ1) is 16.8. The Hall–Kier alpha value is -3.26. The van der Waals surface area contributed by atoms with Crippen molar-refractivity contribution in [3.05, 3.63) is 58.9 Å². The molecule has 1 aliphatic carbocycles. The number of hydrogen-bond acceptors (Lipinski definition) is 3. The van der Waals surface area contributed by atoms with Gasteiger partial charge in [-0.3, -0.25) is 9.89 Å². The third-order valence-electron chi connectivity index (χ3n) is 8.01. The lowest BCUT2D eigenvalue weighted by Gasteiger charge is -2.43. The number of nitrogens with zero attached hydrogens (tertiary/aromatic N) is 2. The number of benzene rings is 2. The normalized spacial score (nSPS) is 23.1. The number of carboxylic acid groups (broad SMARTS) is 1. The van der Waals surface area contributed by atoms with E-state index in [-0.39, 0.29) is 23.5 Å². The summed E-state index contributed by atoms with van der Waals surface area (Å²) in [6.45, 7) is 4.70. The van der Waals surface area contributed by atoms with Crippen LogP contribution in [0.2, 0.25) is 0 Å². The fraction of sp³-hybridized carbons (Fsp3) is 0.407. The number of aromatic nitrogens is 3. The number of fused-ring (bicyclic) bond motifs is 2. The molecule has 0 radical (unpaired) electrons. The number of nitrogens with one attached hydrogen (secondary N) is 1. The van der Waals surface area contributed by atoms with Crippen LogP contribution in [0, 0.1) is 24.0 Å². The smallest absolute Gasteiger partial charge is 0.309 e. The third kappa shape index (κ3) is 3.30. The molecule has 2 aromatic heterocycles. The van der Waals surface area contributed by atoms with E-state index in [1.165, 1.54) is 6.07 Å². The molecule has 0 spiro atoms. The summed E-state index contributed by atoms with van der Waals surface area (Å²) in [7, 11) is 0. The Morgan fingerprint density at radius 1 is 1.20 bits per heavy atom. The molecule has 0 atom stereocenters. The van der Waals surface area contributed by atoms with Crippen LogP contribution in [0.25, 0.3) is 27.5 Å². The second-order valence-electron chi connectivity index (χ2n) is 10.3. The Kier molecular flexibility index (Phi) is 5.00. The minimum Gasteiger partial charge on any atom is -0.481 e. The molecule has 182 valence electrons. The van der Waals surface area contributed by atoms with Gasteiger partial charge in [-0.15, -0.1) is 0 Å². The highest BCUT2D eigenvalue weighted by Crippen LogP contribution is 2.56. The van der Waals surface area contributed by atoms with E-state index in [0.717, 1.165) is 29.8 Å². The van der Waals surface area contributed by atoms with Gasteiger partial charge in [0.1, 0.15) is 11.3 Å². The lowest BCUT2D eigenvalue weighted by atomic mass is 9.60. The maximum Gasteiger partial charge on any atom is 0.309 e. The minimum absolute atomic E-state index is 0.0888. The number of aromatic amines is 1. The first-order valence-corrected chi connectivity index (χ1v) is 12.1. The summed E-state index contributed by atoms with van der Waals surface area (Å²) in [4.78, 5) is 11.9. The minimum atomic E-state index is -0.826. The third-order valence-corrected chi connectivity index (χ3v) is 8.01. The summed E-state index contributed by atoms with van der Waals surface area (Å²) in [5, 5.41) is 17.7. The van der Waals surface area contributed by atoms with Crippen molar-refractivity contribution in [3.8, 4) is 5.69 Å². The number of halogens is 2. The number of H-pyrrole nitrogens is 1. The molecule has 1 saturated carbocycles. The van der Waals surface area contributed by atoms with Gasteiger partial charge in [0.25, 0.3) is 0 Å². The lowest BCUT2D eigenvalue weighted by molar-refractivity contribution is -0.154. The van der Waals surface area contributed by atoms with Crippen LogP contribution >= 0.6 is 0 Å². The second kappa shape index (κ2) is 7.88. The highest BCUT2D eigenvalue weighted by Gasteiger charge is 2.49. The molecule has 2 aliphatic rings. The molecule has 2 fully saturated rings. The highest BCUT2D eigenvalue weighted by atomic mass is 19.1. The van der Waals surface area contributed by atoms with Crippen LogP contribution in [-0.2, 0) is 9.53 Å². The van der Waals surface area contributed by atoms with Crippen molar-refractivity contribution >= 4 is 27.8 Å². The molecule has 3 heterocycles. The van der Waals surface area contributed by atoms with Gasteiger partial charge in [0.05, 0.1) is 17.1 Å². The number of aliphatic carboxylic acids is 1. The summed E-state index contributed by atoms with van der Waals surface area (Å²) < 4.78 is 38.1. The number of ether oxygens (including phenoxy) is 1. The number of hydrogen-bond donors (Lipinski definition) is 2. The van der Waals surface area contributed by atoms with Gasteiger partial charge in [0.15, 0.2) is 5.82 Å². The molecule has 35 heavy (non-hydrogen) atoms. The molecule has 1 saturated heterocycles. The van der Waals surface area contributed by atoms with Gasteiger partial charge in [-0.2, -0.15) is 5.10 Å². The molecule has 2 N–H and O–H groups in total. The number of aryl methyl sites for hydroxylation is 1. The quantitative estimate of drug-likeness (QED) is 0.379. The van der Waals surface area contributed by atoms with Gasteiger partial charge < -0.3 is 14.4 Å². The summed E-state index contributed by atoms with van der Waals surface area (Å²) in [5.41, 5.74) is 3.35. The van der Waals surface area contributed by atoms with Crippen LogP contribution in [-0.4, -0.2) is 39.1 Å². The van der Waals surface area contributed by atoms with Crippen LogP contribution < -0.4 is 0 Å². The molecule has 0 bridgehead atoms. The summed E-state index contributed by atoms with van der Waals surface area (Å²) >= 11 is 0. The van der Waals surface area contributed by atoms with Gasteiger partial charge in [-0.05, 0) is 80.8 Å². The van der Waals surface area contributed by atoms with Gasteiger partial charge in [-0.25, -0.2) is 8.78 Å². The van der Waals surface area contributed by atoms with E-state index >= 15 is 4.39 Å². The van der Waals surface area contributed by atoms with Crippen molar-refractivity contribution in [1.29, 1.82) is 0 Å². The molecule has 8 heteroatoms.